The summed E-state index contributed by atoms with van der Waals surface area (Å²) >= 11 is 0. The smallest absolute Gasteiger partial charge is 0.131 e. The minimum atomic E-state index is 0.878. The summed E-state index contributed by atoms with van der Waals surface area (Å²) in [5, 5.41) is 0. The molecule has 1 heterocycles. The van der Waals surface area contributed by atoms with Crippen molar-refractivity contribution in [1.29, 1.82) is 0 Å². The van der Waals surface area contributed by atoms with Crippen LogP contribution in [0.25, 0.3) is 0 Å². The van der Waals surface area contributed by atoms with E-state index in [-0.39, 0.29) is 0 Å². The summed E-state index contributed by atoms with van der Waals surface area (Å²) in [5.74, 6) is 2.79. The highest BCUT2D eigenvalue weighted by Gasteiger charge is 2.17. The molecule has 0 saturated carbocycles. The zero-order valence-electron chi connectivity index (χ0n) is 9.99. The number of methoxy groups -OCH3 is 1. The zero-order valence-corrected chi connectivity index (χ0v) is 9.99. The molecular formula is C15H14O2. The van der Waals surface area contributed by atoms with Gasteiger partial charge in [0.15, 0.2) is 0 Å². The van der Waals surface area contributed by atoms with E-state index in [1.54, 1.807) is 7.11 Å². The minimum absolute atomic E-state index is 0.878. The fraction of sp³-hybridized carbons (Fsp3) is 0.200. The molecule has 2 aromatic rings. The molecule has 0 bridgehead atoms. The van der Waals surface area contributed by atoms with E-state index >= 15 is 0 Å². The van der Waals surface area contributed by atoms with Crippen molar-refractivity contribution in [2.24, 2.45) is 0 Å². The van der Waals surface area contributed by atoms with E-state index in [4.69, 9.17) is 9.47 Å². The van der Waals surface area contributed by atoms with Crippen LogP contribution in [0.1, 0.15) is 16.7 Å². The minimum Gasteiger partial charge on any atom is -0.497 e. The van der Waals surface area contributed by atoms with Crippen LogP contribution in [0.15, 0.2) is 36.4 Å². The molecule has 2 heteroatoms. The standard InChI is InChI=1S/C15H14O2/c1-10-3-4-11-8-12-9-13(16-2)5-6-14(12)17-15(11)7-10/h3-7,9H,8H2,1-2H3. The van der Waals surface area contributed by atoms with Crippen LogP contribution in [0.5, 0.6) is 17.2 Å². The Morgan fingerprint density at radius 3 is 2.71 bits per heavy atom. The van der Waals surface area contributed by atoms with E-state index in [9.17, 15) is 0 Å². The van der Waals surface area contributed by atoms with E-state index < -0.39 is 0 Å². The Labute approximate surface area is 101 Å². The molecule has 3 rings (SSSR count). The van der Waals surface area contributed by atoms with E-state index in [0.29, 0.717) is 0 Å². The van der Waals surface area contributed by atoms with Crippen molar-refractivity contribution >= 4 is 0 Å². The molecule has 1 aliphatic rings. The van der Waals surface area contributed by atoms with Gasteiger partial charge in [-0.15, -0.1) is 0 Å². The first-order valence-corrected chi connectivity index (χ1v) is 5.70. The largest absolute Gasteiger partial charge is 0.497 e. The van der Waals surface area contributed by atoms with Crippen molar-refractivity contribution in [2.45, 2.75) is 13.3 Å². The molecule has 0 saturated heterocycles. The summed E-state index contributed by atoms with van der Waals surface area (Å²) in [6, 6.07) is 12.3. The second-order valence-electron chi connectivity index (χ2n) is 4.36. The van der Waals surface area contributed by atoms with Crippen molar-refractivity contribution < 1.29 is 9.47 Å². The Bertz CT molecular complexity index is 573. The highest BCUT2D eigenvalue weighted by molar-refractivity contribution is 5.52. The van der Waals surface area contributed by atoms with E-state index in [0.717, 1.165) is 23.7 Å². The maximum absolute atomic E-state index is 5.90. The number of ether oxygens (including phenoxy) is 2. The number of hydrogen-bond acceptors (Lipinski definition) is 2. The second kappa shape index (κ2) is 3.81. The normalized spacial score (nSPS) is 12.4. The molecule has 0 fully saturated rings. The zero-order chi connectivity index (χ0) is 11.8. The van der Waals surface area contributed by atoms with Crippen LogP contribution in [0.2, 0.25) is 0 Å². The fourth-order valence-corrected chi connectivity index (χ4v) is 2.15. The topological polar surface area (TPSA) is 18.5 Å². The van der Waals surface area contributed by atoms with Gasteiger partial charge in [-0.25, -0.2) is 0 Å². The molecule has 0 aliphatic carbocycles. The summed E-state index contributed by atoms with van der Waals surface area (Å²) in [6.45, 7) is 2.08. The van der Waals surface area contributed by atoms with Crippen LogP contribution >= 0.6 is 0 Å². The Hall–Kier alpha value is -1.96. The number of rotatable bonds is 1. The van der Waals surface area contributed by atoms with E-state index in [2.05, 4.69) is 25.1 Å². The predicted octanol–water partition coefficient (Wildman–Crippen LogP) is 3.70. The van der Waals surface area contributed by atoms with E-state index in [1.807, 2.05) is 18.2 Å². The maximum atomic E-state index is 5.90. The lowest BCUT2D eigenvalue weighted by atomic mass is 9.99. The fourth-order valence-electron chi connectivity index (χ4n) is 2.15. The Morgan fingerprint density at radius 1 is 1.00 bits per heavy atom. The molecule has 2 nitrogen and oxygen atoms in total. The van der Waals surface area contributed by atoms with Gasteiger partial charge in [0.05, 0.1) is 7.11 Å². The van der Waals surface area contributed by atoms with Crippen LogP contribution in [0, 0.1) is 6.92 Å². The monoisotopic (exact) mass is 226 g/mol. The molecule has 0 amide bonds. The van der Waals surface area contributed by atoms with Gasteiger partial charge in [0.2, 0.25) is 0 Å². The van der Waals surface area contributed by atoms with Gasteiger partial charge < -0.3 is 9.47 Å². The molecule has 0 atom stereocenters. The first kappa shape index (κ1) is 10.2. The van der Waals surface area contributed by atoms with Gasteiger partial charge in [0.25, 0.3) is 0 Å². The van der Waals surface area contributed by atoms with Gasteiger partial charge >= 0.3 is 0 Å². The molecule has 0 spiro atoms. The molecule has 0 radical (unpaired) electrons. The summed E-state index contributed by atoms with van der Waals surface area (Å²) in [7, 11) is 1.68. The van der Waals surface area contributed by atoms with Crippen LogP contribution in [-0.4, -0.2) is 7.11 Å². The lowest BCUT2D eigenvalue weighted by Gasteiger charge is -2.21. The first-order valence-electron chi connectivity index (χ1n) is 5.70. The lowest BCUT2D eigenvalue weighted by Crippen LogP contribution is -2.03. The van der Waals surface area contributed by atoms with Crippen LogP contribution in [0.4, 0.5) is 0 Å². The van der Waals surface area contributed by atoms with E-state index in [1.165, 1.54) is 16.7 Å². The predicted molar refractivity (Wildman–Crippen MR) is 67.1 cm³/mol. The van der Waals surface area contributed by atoms with Gasteiger partial charge in [0.1, 0.15) is 17.2 Å². The van der Waals surface area contributed by atoms with Gasteiger partial charge in [-0.05, 0) is 42.3 Å². The van der Waals surface area contributed by atoms with Crippen molar-refractivity contribution in [2.75, 3.05) is 7.11 Å². The second-order valence-corrected chi connectivity index (χ2v) is 4.36. The molecule has 86 valence electrons. The maximum Gasteiger partial charge on any atom is 0.131 e. The lowest BCUT2D eigenvalue weighted by molar-refractivity contribution is 0.410. The van der Waals surface area contributed by atoms with Gasteiger partial charge in [-0.1, -0.05) is 12.1 Å². The molecule has 0 aromatic heterocycles. The number of hydrogen-bond donors (Lipinski definition) is 0. The highest BCUT2D eigenvalue weighted by Crippen LogP contribution is 2.38. The molecule has 17 heavy (non-hydrogen) atoms. The van der Waals surface area contributed by atoms with Gasteiger partial charge in [0, 0.05) is 12.0 Å². The Kier molecular flexibility index (Phi) is 2.29. The number of benzene rings is 2. The van der Waals surface area contributed by atoms with Crippen molar-refractivity contribution in [3.05, 3.63) is 53.1 Å². The third-order valence-corrected chi connectivity index (χ3v) is 3.09. The molecule has 1 aliphatic heterocycles. The summed E-state index contributed by atoms with van der Waals surface area (Å²) in [6.07, 6.45) is 0.905. The van der Waals surface area contributed by atoms with Crippen LogP contribution < -0.4 is 9.47 Å². The van der Waals surface area contributed by atoms with Crippen molar-refractivity contribution in [3.63, 3.8) is 0 Å². The first-order chi connectivity index (χ1) is 8.26. The van der Waals surface area contributed by atoms with Crippen molar-refractivity contribution in [1.82, 2.24) is 0 Å². The Balaban J connectivity index is 2.04. The van der Waals surface area contributed by atoms with Crippen LogP contribution in [0.3, 0.4) is 0 Å². The SMILES string of the molecule is COc1ccc2c(c1)Cc1ccc(C)cc1O2. The quantitative estimate of drug-likeness (QED) is 0.630. The molecule has 2 aromatic carbocycles. The molecule has 0 unspecified atom stereocenters. The third kappa shape index (κ3) is 1.76. The summed E-state index contributed by atoms with van der Waals surface area (Å²) < 4.78 is 11.1. The van der Waals surface area contributed by atoms with Crippen LogP contribution in [-0.2, 0) is 6.42 Å². The molecule has 0 N–H and O–H groups in total. The van der Waals surface area contributed by atoms with Gasteiger partial charge in [-0.3, -0.25) is 0 Å². The molecular weight excluding hydrogens is 212 g/mol. The average molecular weight is 226 g/mol. The Morgan fingerprint density at radius 2 is 1.88 bits per heavy atom. The number of fused-ring (bicyclic) bond motifs is 2. The third-order valence-electron chi connectivity index (χ3n) is 3.09. The van der Waals surface area contributed by atoms with Gasteiger partial charge in [-0.2, -0.15) is 0 Å². The highest BCUT2D eigenvalue weighted by atomic mass is 16.5. The summed E-state index contributed by atoms with van der Waals surface area (Å²) in [5.41, 5.74) is 3.64. The summed E-state index contributed by atoms with van der Waals surface area (Å²) in [4.78, 5) is 0. The number of aryl methyl sites for hydroxylation is 1. The van der Waals surface area contributed by atoms with Crippen molar-refractivity contribution in [3.8, 4) is 17.2 Å². The average Bonchev–Trinajstić information content (AvgIpc) is 2.35.